The summed E-state index contributed by atoms with van der Waals surface area (Å²) in [5, 5.41) is 2.57. The third-order valence-corrected chi connectivity index (χ3v) is 3.67. The van der Waals surface area contributed by atoms with E-state index in [4.69, 9.17) is 0 Å². The number of likely N-dealkylation sites (N-methyl/N-ethyl adjacent to an activating group) is 1. The van der Waals surface area contributed by atoms with E-state index in [0.717, 1.165) is 25.2 Å². The summed E-state index contributed by atoms with van der Waals surface area (Å²) in [6, 6.07) is 5.82. The van der Waals surface area contributed by atoms with Crippen LogP contribution in [0.15, 0.2) is 24.3 Å². The summed E-state index contributed by atoms with van der Waals surface area (Å²) in [5.74, 6) is -1.42. The minimum Gasteiger partial charge on any atom is -0.344 e. The number of carbonyl (C=O) groups is 2. The van der Waals surface area contributed by atoms with Crippen molar-refractivity contribution in [2.75, 3.05) is 32.7 Å². The molecule has 21 heavy (non-hydrogen) atoms. The van der Waals surface area contributed by atoms with Gasteiger partial charge in [-0.15, -0.1) is 0 Å². The first-order chi connectivity index (χ1) is 10.1. The number of nitrogens with zero attached hydrogens (tertiary/aromatic N) is 2. The van der Waals surface area contributed by atoms with Gasteiger partial charge in [-0.2, -0.15) is 0 Å². The Hall–Kier alpha value is -1.95. The molecule has 2 rings (SSSR count). The highest BCUT2D eigenvalue weighted by Crippen LogP contribution is 2.04. The number of amides is 2. The summed E-state index contributed by atoms with van der Waals surface area (Å²) in [4.78, 5) is 27.7. The fraction of sp³-hybridized carbons (Fsp3) is 0.467. The Morgan fingerprint density at radius 1 is 1.14 bits per heavy atom. The van der Waals surface area contributed by atoms with E-state index >= 15 is 0 Å². The number of nitrogens with one attached hydrogen (secondary N) is 1. The van der Waals surface area contributed by atoms with Crippen LogP contribution < -0.4 is 5.32 Å². The highest BCUT2D eigenvalue weighted by molar-refractivity contribution is 6.34. The first kappa shape index (κ1) is 15.4. The van der Waals surface area contributed by atoms with E-state index < -0.39 is 11.8 Å². The smallest absolute Gasteiger partial charge is 0.311 e. The maximum Gasteiger partial charge on any atom is 0.311 e. The van der Waals surface area contributed by atoms with E-state index in [2.05, 4.69) is 17.1 Å². The molecule has 1 aliphatic rings. The molecule has 1 heterocycles. The highest BCUT2D eigenvalue weighted by atomic mass is 19.1. The average molecular weight is 293 g/mol. The van der Waals surface area contributed by atoms with Crippen molar-refractivity contribution in [3.63, 3.8) is 0 Å². The molecule has 6 heteroatoms. The molecule has 1 fully saturated rings. The molecule has 1 aromatic rings. The predicted octanol–water partition coefficient (Wildman–Crippen LogP) is 0.606. The molecule has 0 aliphatic carbocycles. The lowest BCUT2D eigenvalue weighted by Crippen LogP contribution is -2.52. The van der Waals surface area contributed by atoms with Gasteiger partial charge in [0.2, 0.25) is 0 Å². The number of piperazine rings is 1. The van der Waals surface area contributed by atoms with E-state index in [0.29, 0.717) is 13.1 Å². The van der Waals surface area contributed by atoms with Crippen LogP contribution in [0.25, 0.3) is 0 Å². The van der Waals surface area contributed by atoms with Crippen LogP contribution in [0.2, 0.25) is 0 Å². The fourth-order valence-corrected chi connectivity index (χ4v) is 2.27. The van der Waals surface area contributed by atoms with Gasteiger partial charge in [0.1, 0.15) is 5.82 Å². The number of carbonyl (C=O) groups excluding carboxylic acids is 2. The number of rotatable bonds is 3. The Bertz CT molecular complexity index is 496. The minimum atomic E-state index is -0.607. The zero-order chi connectivity index (χ0) is 15.2. The summed E-state index contributed by atoms with van der Waals surface area (Å²) < 4.78 is 12.8. The molecule has 0 aromatic heterocycles. The van der Waals surface area contributed by atoms with Gasteiger partial charge in [-0.3, -0.25) is 9.59 Å². The van der Waals surface area contributed by atoms with Gasteiger partial charge < -0.3 is 15.1 Å². The third-order valence-electron chi connectivity index (χ3n) is 3.67. The van der Waals surface area contributed by atoms with Crippen LogP contribution in [0.1, 0.15) is 12.5 Å². The lowest BCUT2D eigenvalue weighted by molar-refractivity contribution is -0.147. The summed E-state index contributed by atoms with van der Waals surface area (Å²) in [7, 11) is 0. The lowest BCUT2D eigenvalue weighted by Gasteiger charge is -2.33. The fourth-order valence-electron chi connectivity index (χ4n) is 2.27. The number of benzene rings is 1. The van der Waals surface area contributed by atoms with Crippen LogP contribution in [0.5, 0.6) is 0 Å². The summed E-state index contributed by atoms with van der Waals surface area (Å²) >= 11 is 0. The molecule has 1 aliphatic heterocycles. The SMILES string of the molecule is CCN1CCN(C(=O)C(=O)NCc2ccc(F)cc2)CC1. The van der Waals surface area contributed by atoms with E-state index in [1.165, 1.54) is 12.1 Å². The second-order valence-corrected chi connectivity index (χ2v) is 5.04. The van der Waals surface area contributed by atoms with Crippen molar-refractivity contribution >= 4 is 11.8 Å². The third kappa shape index (κ3) is 4.26. The summed E-state index contributed by atoms with van der Waals surface area (Å²) in [6.45, 7) is 6.01. The Morgan fingerprint density at radius 3 is 2.33 bits per heavy atom. The molecule has 1 aromatic carbocycles. The van der Waals surface area contributed by atoms with Gasteiger partial charge in [0.25, 0.3) is 0 Å². The van der Waals surface area contributed by atoms with Crippen molar-refractivity contribution in [1.82, 2.24) is 15.1 Å². The maximum atomic E-state index is 12.8. The number of halogens is 1. The maximum absolute atomic E-state index is 12.8. The monoisotopic (exact) mass is 293 g/mol. The van der Waals surface area contributed by atoms with Crippen LogP contribution >= 0.6 is 0 Å². The molecule has 0 radical (unpaired) electrons. The normalized spacial score (nSPS) is 15.8. The van der Waals surface area contributed by atoms with Crippen LogP contribution in [0.4, 0.5) is 4.39 Å². The average Bonchev–Trinajstić information content (AvgIpc) is 2.53. The molecule has 5 nitrogen and oxygen atoms in total. The van der Waals surface area contributed by atoms with Crippen LogP contribution in [0.3, 0.4) is 0 Å². The molecule has 114 valence electrons. The van der Waals surface area contributed by atoms with Crippen molar-refractivity contribution in [2.24, 2.45) is 0 Å². The summed E-state index contributed by atoms with van der Waals surface area (Å²) in [5.41, 5.74) is 0.758. The highest BCUT2D eigenvalue weighted by Gasteiger charge is 2.25. The van der Waals surface area contributed by atoms with Gasteiger partial charge in [0.15, 0.2) is 0 Å². The molecule has 0 unspecified atom stereocenters. The quantitative estimate of drug-likeness (QED) is 0.831. The Balaban J connectivity index is 1.80. The largest absolute Gasteiger partial charge is 0.344 e. The molecular formula is C15H20FN3O2. The number of hydrogen-bond acceptors (Lipinski definition) is 3. The van der Waals surface area contributed by atoms with Crippen LogP contribution in [-0.4, -0.2) is 54.3 Å². The topological polar surface area (TPSA) is 52.7 Å². The minimum absolute atomic E-state index is 0.222. The number of hydrogen-bond donors (Lipinski definition) is 1. The van der Waals surface area contributed by atoms with E-state index in [-0.39, 0.29) is 12.4 Å². The molecular weight excluding hydrogens is 273 g/mol. The predicted molar refractivity (Wildman–Crippen MR) is 76.9 cm³/mol. The van der Waals surface area contributed by atoms with Gasteiger partial charge in [-0.25, -0.2) is 4.39 Å². The van der Waals surface area contributed by atoms with Gasteiger partial charge in [0, 0.05) is 32.7 Å². The van der Waals surface area contributed by atoms with E-state index in [9.17, 15) is 14.0 Å². The van der Waals surface area contributed by atoms with Crippen LogP contribution in [0, 0.1) is 5.82 Å². The van der Waals surface area contributed by atoms with E-state index in [1.807, 2.05) is 0 Å². The van der Waals surface area contributed by atoms with Gasteiger partial charge >= 0.3 is 11.8 Å². The second kappa shape index (κ2) is 7.17. The zero-order valence-electron chi connectivity index (χ0n) is 12.1. The van der Waals surface area contributed by atoms with E-state index in [1.54, 1.807) is 17.0 Å². The zero-order valence-corrected chi connectivity index (χ0v) is 12.1. The molecule has 0 bridgehead atoms. The van der Waals surface area contributed by atoms with Crippen molar-refractivity contribution in [2.45, 2.75) is 13.5 Å². The molecule has 2 amide bonds. The van der Waals surface area contributed by atoms with Gasteiger partial charge in [-0.05, 0) is 24.2 Å². The molecule has 0 atom stereocenters. The van der Waals surface area contributed by atoms with Crippen molar-refractivity contribution in [3.8, 4) is 0 Å². The molecule has 1 N–H and O–H groups in total. The Labute approximate surface area is 123 Å². The molecule has 1 saturated heterocycles. The molecule has 0 spiro atoms. The van der Waals surface area contributed by atoms with Crippen molar-refractivity contribution in [3.05, 3.63) is 35.6 Å². The van der Waals surface area contributed by atoms with Gasteiger partial charge in [0.05, 0.1) is 0 Å². The first-order valence-corrected chi connectivity index (χ1v) is 7.14. The standard InChI is InChI=1S/C15H20FN3O2/c1-2-18-7-9-19(10-8-18)15(21)14(20)17-11-12-3-5-13(16)6-4-12/h3-6H,2,7-11H2,1H3,(H,17,20). The Morgan fingerprint density at radius 2 is 1.76 bits per heavy atom. The van der Waals surface area contributed by atoms with Crippen LogP contribution in [-0.2, 0) is 16.1 Å². The summed E-state index contributed by atoms with van der Waals surface area (Å²) in [6.07, 6.45) is 0. The molecule has 0 saturated carbocycles. The first-order valence-electron chi connectivity index (χ1n) is 7.14. The van der Waals surface area contributed by atoms with Crippen molar-refractivity contribution < 1.29 is 14.0 Å². The Kier molecular flexibility index (Phi) is 5.27. The lowest BCUT2D eigenvalue weighted by atomic mass is 10.2. The van der Waals surface area contributed by atoms with Gasteiger partial charge in [-0.1, -0.05) is 19.1 Å². The van der Waals surface area contributed by atoms with Crippen molar-refractivity contribution in [1.29, 1.82) is 0 Å². The second-order valence-electron chi connectivity index (χ2n) is 5.04.